The number of nitrogens with zero attached hydrogens (tertiary/aromatic N) is 1. The molecule has 1 aliphatic heterocycles. The number of carbonyl (C=O) groups is 1. The lowest BCUT2D eigenvalue weighted by Gasteiger charge is -2.16. The summed E-state index contributed by atoms with van der Waals surface area (Å²) in [7, 11) is 0. The highest BCUT2D eigenvalue weighted by Gasteiger charge is 2.28. The van der Waals surface area contributed by atoms with Crippen LogP contribution in [0.25, 0.3) is 0 Å². The minimum absolute atomic E-state index is 0.0239. The third-order valence-electron chi connectivity index (χ3n) is 3.00. The predicted octanol–water partition coefficient (Wildman–Crippen LogP) is 1.27. The molecule has 0 aliphatic carbocycles. The molecule has 1 unspecified atom stereocenters. The van der Waals surface area contributed by atoms with Gasteiger partial charge in [0.2, 0.25) is 5.91 Å². The molecular formula is C12H14F2N2O. The van der Waals surface area contributed by atoms with Gasteiger partial charge in [-0.25, -0.2) is 8.78 Å². The van der Waals surface area contributed by atoms with Crippen LogP contribution in [0.1, 0.15) is 12.0 Å². The number of carbonyl (C=O) groups excluding carboxylic acids is 1. The zero-order chi connectivity index (χ0) is 12.4. The van der Waals surface area contributed by atoms with Crippen molar-refractivity contribution in [1.29, 1.82) is 0 Å². The molecule has 3 nitrogen and oxygen atoms in total. The Hall–Kier alpha value is -1.49. The van der Waals surface area contributed by atoms with Crippen molar-refractivity contribution in [3.05, 3.63) is 35.4 Å². The maximum Gasteiger partial charge on any atom is 0.223 e. The lowest BCUT2D eigenvalue weighted by molar-refractivity contribution is -0.128. The molecule has 1 heterocycles. The van der Waals surface area contributed by atoms with E-state index in [2.05, 4.69) is 0 Å². The number of halogens is 2. The van der Waals surface area contributed by atoms with Gasteiger partial charge in [-0.05, 0) is 18.5 Å². The SMILES string of the molecule is NCC1CC(=O)N(Cc2ccc(F)cc2F)C1. The molecule has 92 valence electrons. The average molecular weight is 240 g/mol. The Morgan fingerprint density at radius 1 is 1.41 bits per heavy atom. The van der Waals surface area contributed by atoms with Crippen LogP contribution in [0.15, 0.2) is 18.2 Å². The molecule has 0 radical (unpaired) electrons. The van der Waals surface area contributed by atoms with E-state index in [-0.39, 0.29) is 18.4 Å². The van der Waals surface area contributed by atoms with E-state index >= 15 is 0 Å². The van der Waals surface area contributed by atoms with Crippen LogP contribution in [0.5, 0.6) is 0 Å². The summed E-state index contributed by atoms with van der Waals surface area (Å²) in [6, 6.07) is 3.39. The van der Waals surface area contributed by atoms with E-state index in [4.69, 9.17) is 5.73 Å². The van der Waals surface area contributed by atoms with Gasteiger partial charge in [-0.3, -0.25) is 4.79 Å². The van der Waals surface area contributed by atoms with Gasteiger partial charge >= 0.3 is 0 Å². The van der Waals surface area contributed by atoms with E-state index in [0.717, 1.165) is 6.07 Å². The Morgan fingerprint density at radius 2 is 2.18 bits per heavy atom. The summed E-state index contributed by atoms with van der Waals surface area (Å²) < 4.78 is 26.1. The number of rotatable bonds is 3. The molecule has 1 fully saturated rings. The molecular weight excluding hydrogens is 226 g/mol. The van der Waals surface area contributed by atoms with Crippen LogP contribution in [-0.2, 0) is 11.3 Å². The number of hydrogen-bond acceptors (Lipinski definition) is 2. The first-order valence-corrected chi connectivity index (χ1v) is 5.52. The largest absolute Gasteiger partial charge is 0.338 e. The van der Waals surface area contributed by atoms with Crippen molar-refractivity contribution in [2.24, 2.45) is 11.7 Å². The van der Waals surface area contributed by atoms with Crippen molar-refractivity contribution in [3.8, 4) is 0 Å². The molecule has 2 N–H and O–H groups in total. The van der Waals surface area contributed by atoms with Crippen LogP contribution in [-0.4, -0.2) is 23.9 Å². The average Bonchev–Trinajstić information content (AvgIpc) is 2.64. The Morgan fingerprint density at radius 3 is 2.76 bits per heavy atom. The summed E-state index contributed by atoms with van der Waals surface area (Å²) in [5.74, 6) is -1.11. The van der Waals surface area contributed by atoms with Crippen LogP contribution in [0.4, 0.5) is 8.78 Å². The van der Waals surface area contributed by atoms with Crippen molar-refractivity contribution in [1.82, 2.24) is 4.90 Å². The van der Waals surface area contributed by atoms with E-state index in [9.17, 15) is 13.6 Å². The van der Waals surface area contributed by atoms with Gasteiger partial charge in [0.15, 0.2) is 0 Å². The molecule has 1 aromatic carbocycles. The Bertz CT molecular complexity index is 437. The van der Waals surface area contributed by atoms with Crippen LogP contribution in [0.3, 0.4) is 0 Å². The minimum Gasteiger partial charge on any atom is -0.338 e. The minimum atomic E-state index is -0.617. The van der Waals surface area contributed by atoms with Gasteiger partial charge in [-0.15, -0.1) is 0 Å². The molecule has 1 saturated heterocycles. The quantitative estimate of drug-likeness (QED) is 0.864. The molecule has 2 rings (SSSR count). The standard InChI is InChI=1S/C12H14F2N2O/c13-10-2-1-9(11(14)4-10)7-16-6-8(5-15)3-12(16)17/h1-2,4,8H,3,5-7,15H2. The smallest absolute Gasteiger partial charge is 0.223 e. The first-order chi connectivity index (χ1) is 8.10. The molecule has 17 heavy (non-hydrogen) atoms. The summed E-state index contributed by atoms with van der Waals surface area (Å²) >= 11 is 0. The molecule has 0 bridgehead atoms. The lowest BCUT2D eigenvalue weighted by Crippen LogP contribution is -2.26. The number of amides is 1. The maximum atomic E-state index is 13.4. The van der Waals surface area contributed by atoms with Gasteiger partial charge in [0.25, 0.3) is 0 Å². The Labute approximate surface area is 98.2 Å². The lowest BCUT2D eigenvalue weighted by atomic mass is 10.1. The zero-order valence-corrected chi connectivity index (χ0v) is 9.33. The Balaban J connectivity index is 2.08. The van der Waals surface area contributed by atoms with Gasteiger partial charge in [0, 0.05) is 31.1 Å². The fraction of sp³-hybridized carbons (Fsp3) is 0.417. The van der Waals surface area contributed by atoms with E-state index < -0.39 is 11.6 Å². The van der Waals surface area contributed by atoms with Crippen LogP contribution in [0, 0.1) is 17.6 Å². The fourth-order valence-electron chi connectivity index (χ4n) is 2.02. The normalized spacial score (nSPS) is 20.1. The van der Waals surface area contributed by atoms with Crippen molar-refractivity contribution < 1.29 is 13.6 Å². The number of hydrogen-bond donors (Lipinski definition) is 1. The summed E-state index contributed by atoms with van der Waals surface area (Å²) in [4.78, 5) is 13.2. The fourth-order valence-corrected chi connectivity index (χ4v) is 2.02. The van der Waals surface area contributed by atoms with E-state index in [1.807, 2.05) is 0 Å². The predicted molar refractivity (Wildman–Crippen MR) is 58.9 cm³/mol. The van der Waals surface area contributed by atoms with Gasteiger partial charge in [0.1, 0.15) is 11.6 Å². The van der Waals surface area contributed by atoms with Gasteiger partial charge in [0.05, 0.1) is 0 Å². The number of nitrogens with two attached hydrogens (primary N) is 1. The molecule has 1 amide bonds. The molecule has 0 aromatic heterocycles. The van der Waals surface area contributed by atoms with Crippen LogP contribution < -0.4 is 5.73 Å². The third-order valence-corrected chi connectivity index (χ3v) is 3.00. The zero-order valence-electron chi connectivity index (χ0n) is 9.33. The first kappa shape index (κ1) is 12.0. The second-order valence-corrected chi connectivity index (χ2v) is 4.32. The highest BCUT2D eigenvalue weighted by molar-refractivity contribution is 5.78. The van der Waals surface area contributed by atoms with E-state index in [0.29, 0.717) is 25.1 Å². The molecule has 1 aliphatic rings. The topological polar surface area (TPSA) is 46.3 Å². The highest BCUT2D eigenvalue weighted by atomic mass is 19.1. The van der Waals surface area contributed by atoms with Crippen molar-refractivity contribution >= 4 is 5.91 Å². The van der Waals surface area contributed by atoms with Crippen molar-refractivity contribution in [2.45, 2.75) is 13.0 Å². The van der Waals surface area contributed by atoms with Gasteiger partial charge in [-0.1, -0.05) is 6.07 Å². The van der Waals surface area contributed by atoms with Crippen LogP contribution in [0.2, 0.25) is 0 Å². The van der Waals surface area contributed by atoms with Crippen molar-refractivity contribution in [2.75, 3.05) is 13.1 Å². The molecule has 1 aromatic rings. The van der Waals surface area contributed by atoms with E-state index in [1.165, 1.54) is 12.1 Å². The number of benzene rings is 1. The molecule has 1 atom stereocenters. The summed E-state index contributed by atoms with van der Waals surface area (Å²) in [6.45, 7) is 1.18. The second-order valence-electron chi connectivity index (χ2n) is 4.32. The van der Waals surface area contributed by atoms with Crippen molar-refractivity contribution in [3.63, 3.8) is 0 Å². The summed E-state index contributed by atoms with van der Waals surface area (Å²) in [5.41, 5.74) is 5.83. The molecule has 0 saturated carbocycles. The maximum absolute atomic E-state index is 13.4. The van der Waals surface area contributed by atoms with Crippen LogP contribution >= 0.6 is 0 Å². The number of likely N-dealkylation sites (tertiary alicyclic amines) is 1. The third kappa shape index (κ3) is 2.61. The Kier molecular flexibility index (Phi) is 3.38. The summed E-state index contributed by atoms with van der Waals surface area (Å²) in [5, 5.41) is 0. The van der Waals surface area contributed by atoms with Gasteiger partial charge < -0.3 is 10.6 Å². The first-order valence-electron chi connectivity index (χ1n) is 5.52. The highest BCUT2D eigenvalue weighted by Crippen LogP contribution is 2.20. The van der Waals surface area contributed by atoms with E-state index in [1.54, 1.807) is 4.90 Å². The monoisotopic (exact) mass is 240 g/mol. The summed E-state index contributed by atoms with van der Waals surface area (Å²) in [6.07, 6.45) is 0.416. The molecule has 5 heteroatoms. The van der Waals surface area contributed by atoms with Gasteiger partial charge in [-0.2, -0.15) is 0 Å². The second kappa shape index (κ2) is 4.79. The molecule has 0 spiro atoms.